The highest BCUT2D eigenvalue weighted by atomic mass is 16.8. The van der Waals surface area contributed by atoms with E-state index in [0.717, 1.165) is 0 Å². The van der Waals surface area contributed by atoms with Crippen LogP contribution in [0.25, 0.3) is 0 Å². The van der Waals surface area contributed by atoms with Crippen LogP contribution >= 0.6 is 0 Å². The fourth-order valence-corrected chi connectivity index (χ4v) is 3.05. The molecule has 3 aliphatic heterocycles. The van der Waals surface area contributed by atoms with Crippen molar-refractivity contribution in [3.8, 4) is 0 Å². The van der Waals surface area contributed by atoms with Crippen molar-refractivity contribution in [2.75, 3.05) is 6.61 Å². The Labute approximate surface area is 130 Å². The van der Waals surface area contributed by atoms with Gasteiger partial charge in [-0.1, -0.05) is 6.92 Å². The van der Waals surface area contributed by atoms with Crippen molar-refractivity contribution in [3.63, 3.8) is 0 Å². The van der Waals surface area contributed by atoms with E-state index in [4.69, 9.17) is 28.4 Å². The lowest BCUT2D eigenvalue weighted by Crippen LogP contribution is -2.45. The van der Waals surface area contributed by atoms with Gasteiger partial charge in [-0.15, -0.1) is 0 Å². The van der Waals surface area contributed by atoms with Gasteiger partial charge < -0.3 is 28.4 Å². The van der Waals surface area contributed by atoms with Crippen molar-refractivity contribution < 1.29 is 33.2 Å². The molecule has 0 N–H and O–H groups in total. The Balaban J connectivity index is 1.76. The van der Waals surface area contributed by atoms with E-state index in [1.807, 2.05) is 13.8 Å². The lowest BCUT2D eigenvalue weighted by Gasteiger charge is -2.28. The van der Waals surface area contributed by atoms with Crippen LogP contribution in [0.5, 0.6) is 0 Å². The molecule has 7 heteroatoms. The van der Waals surface area contributed by atoms with Crippen molar-refractivity contribution in [1.82, 2.24) is 0 Å². The fourth-order valence-electron chi connectivity index (χ4n) is 3.05. The molecular formula is C15H24O7. The number of carbonyl (C=O) groups excluding carboxylic acids is 1. The Hall–Kier alpha value is -0.730. The lowest BCUT2D eigenvalue weighted by atomic mass is 10.1. The van der Waals surface area contributed by atoms with Crippen LogP contribution in [0, 0.1) is 0 Å². The second-order valence-corrected chi connectivity index (χ2v) is 6.74. The van der Waals surface area contributed by atoms with Crippen LogP contribution in [-0.4, -0.2) is 54.9 Å². The lowest BCUT2D eigenvalue weighted by molar-refractivity contribution is -0.235. The molecule has 3 rings (SSSR count). The third-order valence-corrected chi connectivity index (χ3v) is 3.98. The van der Waals surface area contributed by atoms with E-state index < -0.39 is 36.2 Å². The number of rotatable bonds is 3. The molecule has 126 valence electrons. The van der Waals surface area contributed by atoms with Gasteiger partial charge in [-0.25, -0.2) is 0 Å². The summed E-state index contributed by atoms with van der Waals surface area (Å²) in [4.78, 5) is 11.8. The van der Waals surface area contributed by atoms with Gasteiger partial charge in [-0.3, -0.25) is 4.79 Å². The number of hydrogen-bond donors (Lipinski definition) is 0. The summed E-state index contributed by atoms with van der Waals surface area (Å²) < 4.78 is 34.5. The topological polar surface area (TPSA) is 72.5 Å². The predicted molar refractivity (Wildman–Crippen MR) is 73.8 cm³/mol. The van der Waals surface area contributed by atoms with Gasteiger partial charge in [0.2, 0.25) is 0 Å². The summed E-state index contributed by atoms with van der Waals surface area (Å²) in [5.41, 5.74) is 0. The molecule has 0 amide bonds. The molecule has 0 spiro atoms. The Morgan fingerprint density at radius 2 is 1.82 bits per heavy atom. The number of hydrogen-bond acceptors (Lipinski definition) is 7. The largest absolute Gasteiger partial charge is 0.456 e. The minimum absolute atomic E-state index is 0.290. The monoisotopic (exact) mass is 316 g/mol. The Kier molecular flexibility index (Phi) is 3.98. The maximum absolute atomic E-state index is 11.8. The molecule has 3 saturated heterocycles. The number of fused-ring (bicyclic) bond motifs is 1. The van der Waals surface area contributed by atoms with Crippen molar-refractivity contribution in [1.29, 1.82) is 0 Å². The Morgan fingerprint density at radius 3 is 2.41 bits per heavy atom. The number of carbonyl (C=O) groups is 1. The molecule has 0 bridgehead atoms. The van der Waals surface area contributed by atoms with Gasteiger partial charge in [-0.05, 0) is 27.7 Å². The fraction of sp³-hybridized carbons (Fsp3) is 0.933. The number of esters is 1. The summed E-state index contributed by atoms with van der Waals surface area (Å²) in [6, 6.07) is 0. The maximum Gasteiger partial charge on any atom is 0.305 e. The summed E-state index contributed by atoms with van der Waals surface area (Å²) in [6.07, 6.45) is -2.10. The SMILES string of the molecule is CCC(=O)O[C@@H]1[C@H]2OC(C)(C)O[C@H]2O[C@@H]1[C@H]1COC(C)(C)O1. The van der Waals surface area contributed by atoms with Crippen LogP contribution in [0.15, 0.2) is 0 Å². The number of ether oxygens (including phenoxy) is 6. The van der Waals surface area contributed by atoms with Crippen LogP contribution < -0.4 is 0 Å². The molecule has 3 aliphatic rings. The van der Waals surface area contributed by atoms with Crippen molar-refractivity contribution in [2.45, 2.75) is 83.3 Å². The zero-order valence-electron chi connectivity index (χ0n) is 13.7. The zero-order valence-corrected chi connectivity index (χ0v) is 13.7. The summed E-state index contributed by atoms with van der Waals surface area (Å²) in [6.45, 7) is 9.42. The summed E-state index contributed by atoms with van der Waals surface area (Å²) in [5.74, 6) is -1.74. The van der Waals surface area contributed by atoms with Crippen LogP contribution in [0.1, 0.15) is 41.0 Å². The molecule has 22 heavy (non-hydrogen) atoms. The summed E-state index contributed by atoms with van der Waals surface area (Å²) in [5, 5.41) is 0. The molecule has 0 aromatic carbocycles. The van der Waals surface area contributed by atoms with Gasteiger partial charge in [0.05, 0.1) is 6.61 Å². The molecule has 7 nitrogen and oxygen atoms in total. The highest BCUT2D eigenvalue weighted by molar-refractivity contribution is 5.69. The van der Waals surface area contributed by atoms with E-state index >= 15 is 0 Å². The van der Waals surface area contributed by atoms with E-state index in [-0.39, 0.29) is 12.1 Å². The zero-order chi connectivity index (χ0) is 16.1. The van der Waals surface area contributed by atoms with Crippen LogP contribution in [-0.2, 0) is 33.2 Å². The van der Waals surface area contributed by atoms with Crippen molar-refractivity contribution in [2.24, 2.45) is 0 Å². The molecule has 3 heterocycles. The molecule has 0 aliphatic carbocycles. The Morgan fingerprint density at radius 1 is 1.09 bits per heavy atom. The van der Waals surface area contributed by atoms with E-state index in [0.29, 0.717) is 13.0 Å². The van der Waals surface area contributed by atoms with Gasteiger partial charge in [0.15, 0.2) is 30.1 Å². The maximum atomic E-state index is 11.8. The first-order valence-electron chi connectivity index (χ1n) is 7.73. The van der Waals surface area contributed by atoms with E-state index in [1.54, 1.807) is 20.8 Å². The third kappa shape index (κ3) is 3.00. The molecule has 0 aromatic heterocycles. The smallest absolute Gasteiger partial charge is 0.305 e. The first-order chi connectivity index (χ1) is 10.2. The van der Waals surface area contributed by atoms with E-state index in [1.165, 1.54) is 0 Å². The molecular weight excluding hydrogens is 292 g/mol. The molecule has 0 radical (unpaired) electrons. The predicted octanol–water partition coefficient (Wildman–Crippen LogP) is 1.34. The standard InChI is InChI=1S/C15H24O7/c1-6-9(16)18-11-10(8-7-17-14(2,3)20-8)19-13-12(11)21-15(4,5)22-13/h8,10-13H,6-7H2,1-5H3/t8-,10-,11+,12-,13-/m1/s1. The van der Waals surface area contributed by atoms with Gasteiger partial charge in [0.25, 0.3) is 0 Å². The highest BCUT2D eigenvalue weighted by Gasteiger charge is 2.59. The summed E-state index contributed by atoms with van der Waals surface area (Å²) >= 11 is 0. The van der Waals surface area contributed by atoms with Crippen LogP contribution in [0.4, 0.5) is 0 Å². The van der Waals surface area contributed by atoms with Crippen LogP contribution in [0.3, 0.4) is 0 Å². The molecule has 0 saturated carbocycles. The van der Waals surface area contributed by atoms with Gasteiger partial charge in [0.1, 0.15) is 12.2 Å². The van der Waals surface area contributed by atoms with Crippen molar-refractivity contribution >= 4 is 5.97 Å². The van der Waals surface area contributed by atoms with E-state index in [2.05, 4.69) is 0 Å². The van der Waals surface area contributed by atoms with Gasteiger partial charge >= 0.3 is 5.97 Å². The molecule has 0 unspecified atom stereocenters. The Bertz CT molecular complexity index is 447. The minimum atomic E-state index is -0.760. The molecule has 5 atom stereocenters. The first kappa shape index (κ1) is 16.1. The first-order valence-corrected chi connectivity index (χ1v) is 7.73. The van der Waals surface area contributed by atoms with Crippen molar-refractivity contribution in [3.05, 3.63) is 0 Å². The average molecular weight is 316 g/mol. The van der Waals surface area contributed by atoms with E-state index in [9.17, 15) is 4.79 Å². The second kappa shape index (κ2) is 5.42. The van der Waals surface area contributed by atoms with Gasteiger partial charge in [0, 0.05) is 6.42 Å². The summed E-state index contributed by atoms with van der Waals surface area (Å²) in [7, 11) is 0. The highest BCUT2D eigenvalue weighted by Crippen LogP contribution is 2.41. The second-order valence-electron chi connectivity index (χ2n) is 6.74. The van der Waals surface area contributed by atoms with Crippen LogP contribution in [0.2, 0.25) is 0 Å². The minimum Gasteiger partial charge on any atom is -0.456 e. The normalized spacial score (nSPS) is 42.3. The molecule has 0 aromatic rings. The van der Waals surface area contributed by atoms with Gasteiger partial charge in [-0.2, -0.15) is 0 Å². The quantitative estimate of drug-likeness (QED) is 0.727. The average Bonchev–Trinajstić information content (AvgIpc) is 3.01. The molecule has 3 fully saturated rings. The third-order valence-electron chi connectivity index (χ3n) is 3.98.